The van der Waals surface area contributed by atoms with Crippen molar-refractivity contribution in [2.75, 3.05) is 32.0 Å². The quantitative estimate of drug-likeness (QED) is 0.903. The number of morpholine rings is 1. The molecule has 1 aromatic rings. The molecular weight excluding hydrogens is 240 g/mol. The van der Waals surface area contributed by atoms with Gasteiger partial charge in [0.1, 0.15) is 11.9 Å². The van der Waals surface area contributed by atoms with Gasteiger partial charge in [-0.25, -0.2) is 9.97 Å². The number of aryl methyl sites for hydroxylation is 1. The number of hydrogen-bond acceptors (Lipinski definition) is 5. The number of rotatable bonds is 3. The van der Waals surface area contributed by atoms with Crippen molar-refractivity contribution < 1.29 is 4.74 Å². The molecule has 0 amide bonds. The van der Waals surface area contributed by atoms with Crippen molar-refractivity contribution in [1.29, 1.82) is 0 Å². The van der Waals surface area contributed by atoms with E-state index in [1.54, 1.807) is 0 Å². The van der Waals surface area contributed by atoms with E-state index in [0.29, 0.717) is 11.7 Å². The first-order valence-electron chi connectivity index (χ1n) is 7.00. The number of nitrogens with two attached hydrogens (primary N) is 1. The van der Waals surface area contributed by atoms with Gasteiger partial charge in [-0.15, -0.1) is 0 Å². The van der Waals surface area contributed by atoms with Crippen molar-refractivity contribution in [2.45, 2.75) is 39.7 Å². The Morgan fingerprint density at radius 3 is 2.74 bits per heavy atom. The smallest absolute Gasteiger partial charge is 0.161 e. The summed E-state index contributed by atoms with van der Waals surface area (Å²) in [6.45, 7) is 11.9. The number of anilines is 1. The molecule has 106 valence electrons. The number of likely N-dealkylation sites (N-methyl/N-ethyl adjacent to an activating group) is 1. The Morgan fingerprint density at radius 2 is 2.16 bits per heavy atom. The summed E-state index contributed by atoms with van der Waals surface area (Å²) < 4.78 is 5.78. The van der Waals surface area contributed by atoms with Gasteiger partial charge >= 0.3 is 0 Å². The highest BCUT2D eigenvalue weighted by atomic mass is 16.5. The molecule has 1 unspecified atom stereocenters. The predicted octanol–water partition coefficient (Wildman–Crippen LogP) is 1.88. The molecule has 0 spiro atoms. The maximum atomic E-state index is 6.08. The first-order valence-corrected chi connectivity index (χ1v) is 7.00. The molecule has 1 aromatic heterocycles. The fourth-order valence-electron chi connectivity index (χ4n) is 2.63. The summed E-state index contributed by atoms with van der Waals surface area (Å²) in [5.41, 5.74) is 8.09. The highest BCUT2D eigenvalue weighted by Gasteiger charge is 2.25. The third kappa shape index (κ3) is 3.04. The van der Waals surface area contributed by atoms with Crippen LogP contribution in [-0.4, -0.2) is 41.1 Å². The first-order chi connectivity index (χ1) is 9.02. The van der Waals surface area contributed by atoms with E-state index < -0.39 is 0 Å². The van der Waals surface area contributed by atoms with Crippen molar-refractivity contribution in [3.63, 3.8) is 0 Å². The lowest BCUT2D eigenvalue weighted by Gasteiger charge is -2.31. The number of ether oxygens (including phenoxy) is 1. The first kappa shape index (κ1) is 14.2. The molecule has 0 aromatic carbocycles. The van der Waals surface area contributed by atoms with Gasteiger partial charge in [0.2, 0.25) is 0 Å². The maximum Gasteiger partial charge on any atom is 0.161 e. The van der Waals surface area contributed by atoms with E-state index >= 15 is 0 Å². The molecule has 0 aliphatic carbocycles. The normalized spacial score (nSPS) is 21.0. The van der Waals surface area contributed by atoms with Crippen LogP contribution in [0, 0.1) is 6.92 Å². The zero-order valence-electron chi connectivity index (χ0n) is 12.3. The van der Waals surface area contributed by atoms with E-state index in [0.717, 1.165) is 43.3 Å². The highest BCUT2D eigenvalue weighted by Crippen LogP contribution is 2.26. The lowest BCUT2D eigenvalue weighted by atomic mass is 10.0. The van der Waals surface area contributed by atoms with E-state index in [1.807, 2.05) is 6.92 Å². The standard InChI is InChI=1S/C14H24N4O/c1-5-18-6-7-19-11(8-18)14-16-10(4)12(9(2)3)13(15)17-14/h9,11H,5-8H2,1-4H3,(H2,15,16,17). The number of aromatic nitrogens is 2. The van der Waals surface area contributed by atoms with Crippen molar-refractivity contribution in [1.82, 2.24) is 14.9 Å². The molecule has 1 saturated heterocycles. The molecule has 1 aliphatic rings. The third-order valence-electron chi connectivity index (χ3n) is 3.65. The Hall–Kier alpha value is -1.20. The van der Waals surface area contributed by atoms with E-state index in [-0.39, 0.29) is 6.10 Å². The van der Waals surface area contributed by atoms with Gasteiger partial charge in [0.05, 0.1) is 6.61 Å². The van der Waals surface area contributed by atoms with Crippen molar-refractivity contribution in [3.05, 3.63) is 17.1 Å². The fourth-order valence-corrected chi connectivity index (χ4v) is 2.63. The van der Waals surface area contributed by atoms with Crippen molar-refractivity contribution in [2.24, 2.45) is 0 Å². The number of hydrogen-bond donors (Lipinski definition) is 1. The Morgan fingerprint density at radius 1 is 1.42 bits per heavy atom. The Bertz CT molecular complexity index is 424. The summed E-state index contributed by atoms with van der Waals surface area (Å²) in [5.74, 6) is 1.65. The topological polar surface area (TPSA) is 64.3 Å². The third-order valence-corrected chi connectivity index (χ3v) is 3.65. The lowest BCUT2D eigenvalue weighted by molar-refractivity contribution is -0.0326. The molecule has 1 aliphatic heterocycles. The van der Waals surface area contributed by atoms with Gasteiger partial charge in [-0.3, -0.25) is 4.90 Å². The molecule has 1 atom stereocenters. The summed E-state index contributed by atoms with van der Waals surface area (Å²) in [7, 11) is 0. The van der Waals surface area contributed by atoms with Crippen LogP contribution < -0.4 is 5.73 Å². The average Bonchev–Trinajstić information content (AvgIpc) is 2.37. The summed E-state index contributed by atoms with van der Waals surface area (Å²) in [6, 6.07) is 0. The monoisotopic (exact) mass is 264 g/mol. The van der Waals surface area contributed by atoms with Crippen LogP contribution in [0.5, 0.6) is 0 Å². The Labute approximate surface area is 115 Å². The van der Waals surface area contributed by atoms with E-state index in [2.05, 4.69) is 35.6 Å². The van der Waals surface area contributed by atoms with Crippen LogP contribution in [0.15, 0.2) is 0 Å². The molecular formula is C14H24N4O. The van der Waals surface area contributed by atoms with E-state index in [9.17, 15) is 0 Å². The molecule has 5 heteroatoms. The van der Waals surface area contributed by atoms with Crippen LogP contribution in [0.25, 0.3) is 0 Å². The molecule has 0 radical (unpaired) electrons. The molecule has 2 N–H and O–H groups in total. The fraction of sp³-hybridized carbons (Fsp3) is 0.714. The lowest BCUT2D eigenvalue weighted by Crippen LogP contribution is -2.38. The molecule has 0 saturated carbocycles. The SMILES string of the molecule is CCN1CCOC(c2nc(C)c(C(C)C)c(N)n2)C1. The van der Waals surface area contributed by atoms with Crippen molar-refractivity contribution in [3.8, 4) is 0 Å². The average molecular weight is 264 g/mol. The van der Waals surface area contributed by atoms with Crippen LogP contribution in [0.3, 0.4) is 0 Å². The van der Waals surface area contributed by atoms with Crippen LogP contribution in [0.1, 0.15) is 49.9 Å². The zero-order valence-corrected chi connectivity index (χ0v) is 12.3. The molecule has 1 fully saturated rings. The summed E-state index contributed by atoms with van der Waals surface area (Å²) in [5, 5.41) is 0. The molecule has 0 bridgehead atoms. The summed E-state index contributed by atoms with van der Waals surface area (Å²) in [6.07, 6.45) is -0.0593. The second-order valence-corrected chi connectivity index (χ2v) is 5.37. The van der Waals surface area contributed by atoms with Gasteiger partial charge in [0, 0.05) is 24.3 Å². The largest absolute Gasteiger partial charge is 0.383 e. The van der Waals surface area contributed by atoms with Gasteiger partial charge in [0.25, 0.3) is 0 Å². The molecule has 2 heterocycles. The van der Waals surface area contributed by atoms with Gasteiger partial charge < -0.3 is 10.5 Å². The molecule has 2 rings (SSSR count). The van der Waals surface area contributed by atoms with E-state index in [4.69, 9.17) is 10.5 Å². The Balaban J connectivity index is 2.26. The van der Waals surface area contributed by atoms with Crippen molar-refractivity contribution >= 4 is 5.82 Å². The van der Waals surface area contributed by atoms with Gasteiger partial charge in [-0.1, -0.05) is 20.8 Å². The minimum Gasteiger partial charge on any atom is -0.383 e. The van der Waals surface area contributed by atoms with Crippen LogP contribution in [-0.2, 0) is 4.74 Å². The van der Waals surface area contributed by atoms with Gasteiger partial charge in [-0.2, -0.15) is 0 Å². The summed E-state index contributed by atoms with van der Waals surface area (Å²) >= 11 is 0. The summed E-state index contributed by atoms with van der Waals surface area (Å²) in [4.78, 5) is 11.4. The minimum absolute atomic E-state index is 0.0593. The maximum absolute atomic E-state index is 6.08. The second-order valence-electron chi connectivity index (χ2n) is 5.37. The predicted molar refractivity (Wildman–Crippen MR) is 76.1 cm³/mol. The molecule has 19 heavy (non-hydrogen) atoms. The number of nitrogen functional groups attached to an aromatic ring is 1. The zero-order chi connectivity index (χ0) is 14.0. The Kier molecular flexibility index (Phi) is 4.37. The van der Waals surface area contributed by atoms with E-state index in [1.165, 1.54) is 0 Å². The highest BCUT2D eigenvalue weighted by molar-refractivity contribution is 5.44. The second kappa shape index (κ2) is 5.84. The van der Waals surface area contributed by atoms with Crippen LogP contribution in [0.4, 0.5) is 5.82 Å². The van der Waals surface area contributed by atoms with Gasteiger partial charge in [0.15, 0.2) is 5.82 Å². The minimum atomic E-state index is -0.0593. The molecule has 5 nitrogen and oxygen atoms in total. The van der Waals surface area contributed by atoms with Gasteiger partial charge in [-0.05, 0) is 19.4 Å². The number of nitrogens with zero attached hydrogens (tertiary/aromatic N) is 3. The van der Waals surface area contributed by atoms with Crippen LogP contribution >= 0.6 is 0 Å². The van der Waals surface area contributed by atoms with Crippen LogP contribution in [0.2, 0.25) is 0 Å².